The van der Waals surface area contributed by atoms with Crippen LogP contribution in [-0.2, 0) is 4.79 Å². The van der Waals surface area contributed by atoms with Crippen LogP contribution in [0, 0.1) is 0 Å². The van der Waals surface area contributed by atoms with Crippen molar-refractivity contribution in [2.75, 3.05) is 14.2 Å². The van der Waals surface area contributed by atoms with Crippen LogP contribution in [0.15, 0.2) is 48.5 Å². The van der Waals surface area contributed by atoms with Gasteiger partial charge in [-0.05, 0) is 36.8 Å². The lowest BCUT2D eigenvalue weighted by Crippen LogP contribution is -2.16. The van der Waals surface area contributed by atoms with E-state index in [-0.39, 0.29) is 11.9 Å². The van der Waals surface area contributed by atoms with Crippen molar-refractivity contribution < 1.29 is 19.0 Å². The van der Waals surface area contributed by atoms with Crippen molar-refractivity contribution in [3.05, 3.63) is 54.1 Å². The highest BCUT2D eigenvalue weighted by atomic mass is 16.6. The molecule has 1 unspecified atom stereocenters. The van der Waals surface area contributed by atoms with Crippen LogP contribution in [0.3, 0.4) is 0 Å². The predicted octanol–water partition coefficient (Wildman–Crippen LogP) is 3.41. The topological polar surface area (TPSA) is 44.8 Å². The molecule has 1 atom stereocenters. The molecule has 2 rings (SSSR count). The molecule has 0 amide bonds. The van der Waals surface area contributed by atoms with E-state index in [9.17, 15) is 4.79 Å². The zero-order chi connectivity index (χ0) is 15.2. The number of para-hydroxylation sites is 2. The highest BCUT2D eigenvalue weighted by Gasteiger charge is 2.19. The number of benzene rings is 2. The Morgan fingerprint density at radius 3 is 2.10 bits per heavy atom. The lowest BCUT2D eigenvalue weighted by atomic mass is 10.0. The Bertz CT molecular complexity index is 604. The molecule has 21 heavy (non-hydrogen) atoms. The Morgan fingerprint density at radius 2 is 1.52 bits per heavy atom. The van der Waals surface area contributed by atoms with Gasteiger partial charge in [-0.25, -0.2) is 0 Å². The monoisotopic (exact) mass is 286 g/mol. The van der Waals surface area contributed by atoms with Crippen molar-refractivity contribution in [1.82, 2.24) is 0 Å². The SMILES string of the molecule is COc1ccc(C(C)C(=O)Oc2ccccc2OC)cc1. The van der Waals surface area contributed by atoms with Crippen LogP contribution in [-0.4, -0.2) is 20.2 Å². The number of carbonyl (C=O) groups excluding carboxylic acids is 1. The maximum Gasteiger partial charge on any atom is 0.318 e. The molecule has 0 aromatic heterocycles. The van der Waals surface area contributed by atoms with Gasteiger partial charge in [0.2, 0.25) is 0 Å². The standard InChI is InChI=1S/C17H18O4/c1-12(13-8-10-14(19-2)11-9-13)17(18)21-16-7-5-4-6-15(16)20-3/h4-12H,1-3H3. The normalized spacial score (nSPS) is 11.6. The van der Waals surface area contributed by atoms with Gasteiger partial charge < -0.3 is 14.2 Å². The first-order chi connectivity index (χ1) is 10.2. The molecule has 0 bridgehead atoms. The van der Waals surface area contributed by atoms with Gasteiger partial charge in [-0.2, -0.15) is 0 Å². The second-order valence-corrected chi connectivity index (χ2v) is 4.57. The van der Waals surface area contributed by atoms with E-state index in [1.54, 1.807) is 39.3 Å². The first kappa shape index (κ1) is 14.9. The Morgan fingerprint density at radius 1 is 0.905 bits per heavy atom. The summed E-state index contributed by atoms with van der Waals surface area (Å²) >= 11 is 0. The molecule has 0 aliphatic rings. The van der Waals surface area contributed by atoms with Crippen molar-refractivity contribution in [2.45, 2.75) is 12.8 Å². The van der Waals surface area contributed by atoms with Crippen molar-refractivity contribution >= 4 is 5.97 Å². The summed E-state index contributed by atoms with van der Waals surface area (Å²) in [5.41, 5.74) is 0.871. The maximum atomic E-state index is 12.2. The zero-order valence-corrected chi connectivity index (χ0v) is 12.3. The van der Waals surface area contributed by atoms with Crippen molar-refractivity contribution in [3.8, 4) is 17.2 Å². The van der Waals surface area contributed by atoms with Crippen LogP contribution in [0.25, 0.3) is 0 Å². The number of hydrogen-bond acceptors (Lipinski definition) is 4. The quantitative estimate of drug-likeness (QED) is 0.624. The number of rotatable bonds is 5. The minimum Gasteiger partial charge on any atom is -0.497 e. The van der Waals surface area contributed by atoms with Gasteiger partial charge in [0.25, 0.3) is 0 Å². The summed E-state index contributed by atoms with van der Waals surface area (Å²) in [4.78, 5) is 12.2. The number of hydrogen-bond donors (Lipinski definition) is 0. The third-order valence-corrected chi connectivity index (χ3v) is 3.25. The maximum absolute atomic E-state index is 12.2. The van der Waals surface area contributed by atoms with Crippen LogP contribution in [0.1, 0.15) is 18.4 Å². The van der Waals surface area contributed by atoms with E-state index >= 15 is 0 Å². The summed E-state index contributed by atoms with van der Waals surface area (Å²) in [6.45, 7) is 1.81. The fourth-order valence-electron chi connectivity index (χ4n) is 1.93. The molecule has 110 valence electrons. The summed E-state index contributed by atoms with van der Waals surface area (Å²) in [6, 6.07) is 14.4. The third-order valence-electron chi connectivity index (χ3n) is 3.25. The van der Waals surface area contributed by atoms with Crippen molar-refractivity contribution in [2.24, 2.45) is 0 Å². The van der Waals surface area contributed by atoms with Crippen LogP contribution < -0.4 is 14.2 Å². The largest absolute Gasteiger partial charge is 0.497 e. The second-order valence-electron chi connectivity index (χ2n) is 4.57. The minimum atomic E-state index is -0.374. The Labute approximate surface area is 124 Å². The van der Waals surface area contributed by atoms with Gasteiger partial charge in [0.15, 0.2) is 11.5 Å². The molecule has 0 fully saturated rings. The number of esters is 1. The van der Waals surface area contributed by atoms with Crippen LogP contribution in [0.2, 0.25) is 0 Å². The Balaban J connectivity index is 2.11. The summed E-state index contributed by atoms with van der Waals surface area (Å²) < 4.78 is 15.7. The fraction of sp³-hybridized carbons (Fsp3) is 0.235. The zero-order valence-electron chi connectivity index (χ0n) is 12.3. The molecule has 0 heterocycles. The van der Waals surface area contributed by atoms with Gasteiger partial charge in [0, 0.05) is 0 Å². The third kappa shape index (κ3) is 3.54. The molecule has 0 saturated carbocycles. The Kier molecular flexibility index (Phi) is 4.82. The fourth-order valence-corrected chi connectivity index (χ4v) is 1.93. The van der Waals surface area contributed by atoms with E-state index in [0.717, 1.165) is 11.3 Å². The average Bonchev–Trinajstić information content (AvgIpc) is 2.54. The van der Waals surface area contributed by atoms with Crippen molar-refractivity contribution in [1.29, 1.82) is 0 Å². The lowest BCUT2D eigenvalue weighted by Gasteiger charge is -2.13. The lowest BCUT2D eigenvalue weighted by molar-refractivity contribution is -0.135. The molecule has 2 aromatic rings. The molecule has 4 nitrogen and oxygen atoms in total. The summed E-state index contributed by atoms with van der Waals surface area (Å²) in [7, 11) is 3.15. The summed E-state index contributed by atoms with van der Waals surface area (Å²) in [5.74, 6) is 1.01. The highest BCUT2D eigenvalue weighted by molar-refractivity contribution is 5.80. The van der Waals surface area contributed by atoms with Crippen LogP contribution in [0.4, 0.5) is 0 Å². The van der Waals surface area contributed by atoms with E-state index in [2.05, 4.69) is 0 Å². The average molecular weight is 286 g/mol. The molecule has 0 saturated heterocycles. The van der Waals surface area contributed by atoms with E-state index in [4.69, 9.17) is 14.2 Å². The molecule has 0 radical (unpaired) electrons. The molecule has 2 aromatic carbocycles. The van der Waals surface area contributed by atoms with Gasteiger partial charge >= 0.3 is 5.97 Å². The van der Waals surface area contributed by atoms with Gasteiger partial charge in [-0.3, -0.25) is 4.79 Å². The van der Waals surface area contributed by atoms with E-state index < -0.39 is 0 Å². The number of ether oxygens (including phenoxy) is 3. The summed E-state index contributed by atoms with van der Waals surface area (Å²) in [6.07, 6.45) is 0. The first-order valence-electron chi connectivity index (χ1n) is 6.64. The predicted molar refractivity (Wildman–Crippen MR) is 80.0 cm³/mol. The van der Waals surface area contributed by atoms with E-state index in [1.165, 1.54) is 0 Å². The molecule has 0 aliphatic heterocycles. The van der Waals surface area contributed by atoms with Gasteiger partial charge in [-0.1, -0.05) is 24.3 Å². The first-order valence-corrected chi connectivity index (χ1v) is 6.64. The van der Waals surface area contributed by atoms with Gasteiger partial charge in [0.1, 0.15) is 5.75 Å². The smallest absolute Gasteiger partial charge is 0.318 e. The van der Waals surface area contributed by atoms with E-state index in [0.29, 0.717) is 11.5 Å². The highest BCUT2D eigenvalue weighted by Crippen LogP contribution is 2.28. The molecule has 0 spiro atoms. The van der Waals surface area contributed by atoms with E-state index in [1.807, 2.05) is 30.3 Å². The second kappa shape index (κ2) is 6.79. The summed E-state index contributed by atoms with van der Waals surface area (Å²) in [5, 5.41) is 0. The Hall–Kier alpha value is -2.49. The molecular formula is C17H18O4. The molecular weight excluding hydrogens is 268 g/mol. The van der Waals surface area contributed by atoms with Crippen LogP contribution >= 0.6 is 0 Å². The number of methoxy groups -OCH3 is 2. The molecule has 0 N–H and O–H groups in total. The number of carbonyl (C=O) groups is 1. The van der Waals surface area contributed by atoms with Gasteiger partial charge in [-0.15, -0.1) is 0 Å². The molecule has 4 heteroatoms. The van der Waals surface area contributed by atoms with Gasteiger partial charge in [0.05, 0.1) is 20.1 Å². The molecule has 0 aliphatic carbocycles. The van der Waals surface area contributed by atoms with Crippen LogP contribution in [0.5, 0.6) is 17.2 Å². The minimum absolute atomic E-state index is 0.329. The van der Waals surface area contributed by atoms with Crippen molar-refractivity contribution in [3.63, 3.8) is 0 Å².